The summed E-state index contributed by atoms with van der Waals surface area (Å²) in [5.74, 6) is -0.528. The van der Waals surface area contributed by atoms with Crippen LogP contribution in [-0.2, 0) is 14.8 Å². The Labute approximate surface area is 198 Å². The Kier molecular flexibility index (Phi) is 8.26. The number of phenols is 1. The highest BCUT2D eigenvalue weighted by atomic mass is 79.9. The van der Waals surface area contributed by atoms with Crippen LogP contribution in [0.2, 0.25) is 0 Å². The summed E-state index contributed by atoms with van der Waals surface area (Å²) in [7, 11) is -3.85. The lowest BCUT2D eigenvalue weighted by Crippen LogP contribution is -2.46. The molecule has 0 bridgehead atoms. The Morgan fingerprint density at radius 2 is 1.74 bits per heavy atom. The van der Waals surface area contributed by atoms with Crippen LogP contribution in [0.25, 0.3) is 0 Å². The predicted molar refractivity (Wildman–Crippen MR) is 126 cm³/mol. The van der Waals surface area contributed by atoms with Crippen LogP contribution in [-0.4, -0.2) is 42.5 Å². The maximum Gasteiger partial charge on any atom is 0.255 e. The quantitative estimate of drug-likeness (QED) is 0.379. The number of halogens is 2. The van der Waals surface area contributed by atoms with Crippen molar-refractivity contribution in [2.45, 2.75) is 43.0 Å². The topological polar surface area (TPSA) is 99.1 Å². The summed E-state index contributed by atoms with van der Waals surface area (Å²) in [4.78, 5) is 12.7. The van der Waals surface area contributed by atoms with Crippen LogP contribution in [0.1, 0.15) is 37.7 Å². The first-order chi connectivity index (χ1) is 14.8. The summed E-state index contributed by atoms with van der Waals surface area (Å²) in [6.07, 6.45) is 5.68. The first-order valence-electron chi connectivity index (χ1n) is 9.85. The minimum absolute atomic E-state index is 0.0165. The largest absolute Gasteiger partial charge is 0.507 e. The number of hydrogen-bond acceptors (Lipinski definition) is 5. The SMILES string of the molecule is O=C(CN(C1CCCCC1)S(=O)(=O)c1ccc(Br)cc1)N/N=C\c1cc(Br)ccc1O. The van der Waals surface area contributed by atoms with Crippen molar-refractivity contribution in [2.24, 2.45) is 5.10 Å². The molecule has 0 unspecified atom stereocenters. The number of sulfonamides is 1. The zero-order valence-electron chi connectivity index (χ0n) is 16.7. The van der Waals surface area contributed by atoms with Gasteiger partial charge in [0.1, 0.15) is 5.75 Å². The molecule has 2 aromatic rings. The molecule has 0 aliphatic heterocycles. The van der Waals surface area contributed by atoms with Gasteiger partial charge in [-0.15, -0.1) is 0 Å². The molecule has 2 aromatic carbocycles. The molecule has 0 saturated heterocycles. The van der Waals surface area contributed by atoms with E-state index >= 15 is 0 Å². The van der Waals surface area contributed by atoms with Gasteiger partial charge in [0.15, 0.2) is 0 Å². The number of carbonyl (C=O) groups excluding carboxylic acids is 1. The summed E-state index contributed by atoms with van der Waals surface area (Å²) >= 11 is 6.62. The Morgan fingerprint density at radius 1 is 1.10 bits per heavy atom. The first kappa shape index (κ1) is 23.9. The van der Waals surface area contributed by atoms with Gasteiger partial charge in [-0.3, -0.25) is 4.79 Å². The zero-order chi connectivity index (χ0) is 22.4. The van der Waals surface area contributed by atoms with Gasteiger partial charge in [-0.1, -0.05) is 51.1 Å². The van der Waals surface area contributed by atoms with E-state index in [1.165, 1.54) is 28.7 Å². The third kappa shape index (κ3) is 6.38. The van der Waals surface area contributed by atoms with E-state index in [2.05, 4.69) is 42.4 Å². The van der Waals surface area contributed by atoms with E-state index < -0.39 is 15.9 Å². The molecule has 1 aliphatic rings. The summed E-state index contributed by atoms with van der Waals surface area (Å²) in [5, 5.41) is 13.7. The van der Waals surface area contributed by atoms with Crippen LogP contribution in [0, 0.1) is 0 Å². The standard InChI is InChI=1S/C21H23Br2N3O4S/c22-16-6-9-19(10-7-16)31(29,30)26(18-4-2-1-3-5-18)14-21(28)25-24-13-15-12-17(23)8-11-20(15)27/h6-13,18,27H,1-5,14H2,(H,25,28)/b24-13-. The molecule has 1 saturated carbocycles. The van der Waals surface area contributed by atoms with Crippen molar-refractivity contribution < 1.29 is 18.3 Å². The number of phenolic OH excluding ortho intramolecular Hbond substituents is 1. The number of aromatic hydroxyl groups is 1. The Hall–Kier alpha value is -1.75. The van der Waals surface area contributed by atoms with Crippen molar-refractivity contribution in [3.63, 3.8) is 0 Å². The van der Waals surface area contributed by atoms with Crippen molar-refractivity contribution in [3.8, 4) is 5.75 Å². The maximum atomic E-state index is 13.3. The number of rotatable bonds is 7. The van der Waals surface area contributed by atoms with Gasteiger partial charge in [0.05, 0.1) is 17.7 Å². The lowest BCUT2D eigenvalue weighted by Gasteiger charge is -2.32. The number of carbonyl (C=O) groups is 1. The van der Waals surface area contributed by atoms with Crippen molar-refractivity contribution >= 4 is 54.0 Å². The van der Waals surface area contributed by atoms with Gasteiger partial charge < -0.3 is 5.11 Å². The van der Waals surface area contributed by atoms with Crippen molar-refractivity contribution in [1.82, 2.24) is 9.73 Å². The van der Waals surface area contributed by atoms with Crippen LogP contribution in [0.4, 0.5) is 0 Å². The molecule has 0 atom stereocenters. The lowest BCUT2D eigenvalue weighted by molar-refractivity contribution is -0.121. The van der Waals surface area contributed by atoms with Gasteiger partial charge in [0.2, 0.25) is 10.0 Å². The van der Waals surface area contributed by atoms with E-state index in [9.17, 15) is 18.3 Å². The first-order valence-corrected chi connectivity index (χ1v) is 12.9. The molecule has 0 heterocycles. The third-order valence-electron chi connectivity index (χ3n) is 5.08. The van der Waals surface area contributed by atoms with E-state index in [1.54, 1.807) is 24.3 Å². The van der Waals surface area contributed by atoms with Crippen LogP contribution < -0.4 is 5.43 Å². The molecular formula is C21H23Br2N3O4S. The average Bonchev–Trinajstić information content (AvgIpc) is 2.75. The van der Waals surface area contributed by atoms with Crippen molar-refractivity contribution in [3.05, 3.63) is 57.0 Å². The number of nitrogens with zero attached hydrogens (tertiary/aromatic N) is 2. The smallest absolute Gasteiger partial charge is 0.255 e. The molecule has 3 rings (SSSR count). The molecule has 2 N–H and O–H groups in total. The van der Waals surface area contributed by atoms with Crippen LogP contribution >= 0.6 is 31.9 Å². The summed E-state index contributed by atoms with van der Waals surface area (Å²) in [6, 6.07) is 11.0. The molecule has 1 amide bonds. The predicted octanol–water partition coefficient (Wildman–Crippen LogP) is 4.39. The van der Waals surface area contributed by atoms with Gasteiger partial charge in [-0.05, 0) is 55.3 Å². The number of hydrogen-bond donors (Lipinski definition) is 2. The lowest BCUT2D eigenvalue weighted by atomic mass is 9.95. The van der Waals surface area contributed by atoms with Gasteiger partial charge in [0.25, 0.3) is 5.91 Å². The van der Waals surface area contributed by atoms with Crippen LogP contribution in [0.3, 0.4) is 0 Å². The highest BCUT2D eigenvalue weighted by Gasteiger charge is 2.33. The highest BCUT2D eigenvalue weighted by molar-refractivity contribution is 9.10. The highest BCUT2D eigenvalue weighted by Crippen LogP contribution is 2.28. The minimum atomic E-state index is -3.85. The van der Waals surface area contributed by atoms with Gasteiger partial charge in [-0.25, -0.2) is 13.8 Å². The maximum absolute atomic E-state index is 13.3. The summed E-state index contributed by atoms with van der Waals surface area (Å²) in [6.45, 7) is -0.329. The second-order valence-electron chi connectivity index (χ2n) is 7.29. The molecule has 0 radical (unpaired) electrons. The molecule has 166 valence electrons. The summed E-state index contributed by atoms with van der Waals surface area (Å²) < 4.78 is 29.4. The molecule has 7 nitrogen and oxygen atoms in total. The Morgan fingerprint density at radius 3 is 2.42 bits per heavy atom. The number of benzene rings is 2. The van der Waals surface area contributed by atoms with E-state index in [-0.39, 0.29) is 23.2 Å². The van der Waals surface area contributed by atoms with Crippen LogP contribution in [0.5, 0.6) is 5.75 Å². The molecule has 0 aromatic heterocycles. The van der Waals surface area contributed by atoms with Gasteiger partial charge >= 0.3 is 0 Å². The molecular weight excluding hydrogens is 550 g/mol. The monoisotopic (exact) mass is 571 g/mol. The molecule has 10 heteroatoms. The second kappa shape index (κ2) is 10.7. The third-order valence-corrected chi connectivity index (χ3v) is 8.02. The van der Waals surface area contributed by atoms with Gasteiger partial charge in [-0.2, -0.15) is 9.41 Å². The van der Waals surface area contributed by atoms with Gasteiger partial charge in [0, 0.05) is 20.6 Å². The summed E-state index contributed by atoms with van der Waals surface area (Å²) in [5.41, 5.74) is 2.79. The fourth-order valence-electron chi connectivity index (χ4n) is 3.50. The normalized spacial score (nSPS) is 15.5. The minimum Gasteiger partial charge on any atom is -0.507 e. The fourth-order valence-corrected chi connectivity index (χ4v) is 5.79. The van der Waals surface area contributed by atoms with E-state index in [4.69, 9.17) is 0 Å². The Bertz CT molecular complexity index is 1050. The Balaban J connectivity index is 1.76. The molecule has 1 aliphatic carbocycles. The number of hydrazone groups is 1. The fraction of sp³-hybridized carbons (Fsp3) is 0.333. The number of nitrogens with one attached hydrogen (secondary N) is 1. The average molecular weight is 573 g/mol. The van der Waals surface area contributed by atoms with E-state index in [0.717, 1.165) is 41.0 Å². The molecule has 1 fully saturated rings. The molecule has 0 spiro atoms. The number of amides is 1. The van der Waals surface area contributed by atoms with Crippen LogP contribution in [0.15, 0.2) is 61.4 Å². The zero-order valence-corrected chi connectivity index (χ0v) is 20.7. The second-order valence-corrected chi connectivity index (χ2v) is 11.0. The molecule has 31 heavy (non-hydrogen) atoms. The van der Waals surface area contributed by atoms with E-state index in [1.807, 2.05) is 0 Å². The van der Waals surface area contributed by atoms with Crippen molar-refractivity contribution in [2.75, 3.05) is 6.54 Å². The van der Waals surface area contributed by atoms with Crippen molar-refractivity contribution in [1.29, 1.82) is 0 Å². The van der Waals surface area contributed by atoms with E-state index in [0.29, 0.717) is 5.56 Å².